The second-order valence-corrected chi connectivity index (χ2v) is 7.77. The SMILES string of the molecule is Cc1nc([C@@H](C)N(C)Cc2cc(=O)n3cc(Cl)ccc3n2)c(C)s1. The van der Waals surface area contributed by atoms with E-state index in [0.717, 1.165) is 16.4 Å². The first-order chi connectivity index (χ1) is 11.3. The Balaban J connectivity index is 1.87. The lowest BCUT2D eigenvalue weighted by Crippen LogP contribution is -2.25. The van der Waals surface area contributed by atoms with Crippen molar-refractivity contribution in [3.8, 4) is 0 Å². The Kier molecular flexibility index (Phi) is 4.71. The molecule has 0 amide bonds. The third-order valence-electron chi connectivity index (χ3n) is 4.08. The quantitative estimate of drug-likeness (QED) is 0.711. The van der Waals surface area contributed by atoms with Gasteiger partial charge in [0.05, 0.1) is 27.5 Å². The van der Waals surface area contributed by atoms with E-state index in [9.17, 15) is 4.79 Å². The molecule has 1 atom stereocenters. The molecule has 0 spiro atoms. The first kappa shape index (κ1) is 17.1. The van der Waals surface area contributed by atoms with Crippen molar-refractivity contribution in [3.05, 3.63) is 61.0 Å². The molecule has 0 aromatic carbocycles. The van der Waals surface area contributed by atoms with E-state index in [4.69, 9.17) is 11.6 Å². The summed E-state index contributed by atoms with van der Waals surface area (Å²) in [6.07, 6.45) is 1.59. The van der Waals surface area contributed by atoms with Crippen LogP contribution in [0.2, 0.25) is 5.02 Å². The summed E-state index contributed by atoms with van der Waals surface area (Å²) in [7, 11) is 2.02. The maximum absolute atomic E-state index is 12.3. The van der Waals surface area contributed by atoms with Crippen LogP contribution in [0, 0.1) is 13.8 Å². The fraction of sp³-hybridized carbons (Fsp3) is 0.353. The van der Waals surface area contributed by atoms with Gasteiger partial charge in [-0.3, -0.25) is 14.1 Å². The topological polar surface area (TPSA) is 50.5 Å². The highest BCUT2D eigenvalue weighted by Gasteiger charge is 2.18. The molecule has 0 radical (unpaired) electrons. The van der Waals surface area contributed by atoms with Crippen molar-refractivity contribution in [1.82, 2.24) is 19.3 Å². The second kappa shape index (κ2) is 6.63. The van der Waals surface area contributed by atoms with Crippen LogP contribution in [0.25, 0.3) is 5.65 Å². The predicted octanol–water partition coefficient (Wildman–Crippen LogP) is 3.61. The van der Waals surface area contributed by atoms with Gasteiger partial charge in [-0.2, -0.15) is 0 Å². The standard InChI is InChI=1S/C17H19ClN4OS/c1-10(17-11(2)24-12(3)19-17)21(4)9-14-7-16(23)22-8-13(18)5-6-15(22)20-14/h5-8,10H,9H2,1-4H3/t10-/m1/s1. The zero-order valence-electron chi connectivity index (χ0n) is 14.1. The summed E-state index contributed by atoms with van der Waals surface area (Å²) in [5.41, 5.74) is 2.30. The zero-order chi connectivity index (χ0) is 17.4. The van der Waals surface area contributed by atoms with Gasteiger partial charge in [-0.05, 0) is 40.0 Å². The molecule has 3 heterocycles. The van der Waals surface area contributed by atoms with Gasteiger partial charge < -0.3 is 0 Å². The summed E-state index contributed by atoms with van der Waals surface area (Å²) in [5.74, 6) is 0. The molecule has 0 aliphatic heterocycles. The molecular weight excluding hydrogens is 344 g/mol. The Bertz CT molecular complexity index is 949. The van der Waals surface area contributed by atoms with Gasteiger partial charge in [0.1, 0.15) is 5.65 Å². The van der Waals surface area contributed by atoms with Gasteiger partial charge in [0.2, 0.25) is 0 Å². The molecule has 0 fully saturated rings. The number of hydrogen-bond acceptors (Lipinski definition) is 5. The number of pyridine rings is 1. The van der Waals surface area contributed by atoms with Crippen LogP contribution in [0.1, 0.15) is 34.2 Å². The van der Waals surface area contributed by atoms with E-state index in [1.807, 2.05) is 14.0 Å². The molecule has 0 N–H and O–H groups in total. The molecule has 5 nitrogen and oxygen atoms in total. The van der Waals surface area contributed by atoms with E-state index in [1.165, 1.54) is 9.28 Å². The number of halogens is 1. The highest BCUT2D eigenvalue weighted by molar-refractivity contribution is 7.11. The molecule has 0 saturated carbocycles. The number of thiazole rings is 1. The van der Waals surface area contributed by atoms with E-state index in [1.54, 1.807) is 35.7 Å². The van der Waals surface area contributed by atoms with Gasteiger partial charge in [0, 0.05) is 23.7 Å². The maximum Gasteiger partial charge on any atom is 0.258 e. The molecule has 0 aliphatic rings. The minimum absolute atomic E-state index is 0.126. The average Bonchev–Trinajstić information content (AvgIpc) is 2.86. The van der Waals surface area contributed by atoms with Crippen LogP contribution in [0.3, 0.4) is 0 Å². The molecule has 0 unspecified atom stereocenters. The van der Waals surface area contributed by atoms with E-state index >= 15 is 0 Å². The summed E-state index contributed by atoms with van der Waals surface area (Å²) < 4.78 is 1.46. The van der Waals surface area contributed by atoms with Gasteiger partial charge in [-0.25, -0.2) is 9.97 Å². The van der Waals surface area contributed by atoms with Crippen molar-refractivity contribution in [2.45, 2.75) is 33.4 Å². The van der Waals surface area contributed by atoms with Gasteiger partial charge in [0.15, 0.2) is 0 Å². The van der Waals surface area contributed by atoms with Gasteiger partial charge in [-0.15, -0.1) is 11.3 Å². The van der Waals surface area contributed by atoms with Gasteiger partial charge >= 0.3 is 0 Å². The molecular formula is C17H19ClN4OS. The minimum atomic E-state index is -0.126. The first-order valence-corrected chi connectivity index (χ1v) is 8.86. The van der Waals surface area contributed by atoms with Crippen molar-refractivity contribution < 1.29 is 0 Å². The predicted molar refractivity (Wildman–Crippen MR) is 97.9 cm³/mol. The lowest BCUT2D eigenvalue weighted by molar-refractivity contribution is 0.245. The van der Waals surface area contributed by atoms with E-state index in [2.05, 4.69) is 28.7 Å². The van der Waals surface area contributed by atoms with Crippen LogP contribution >= 0.6 is 22.9 Å². The number of hydrogen-bond donors (Lipinski definition) is 0. The van der Waals surface area contributed by atoms with E-state index in [-0.39, 0.29) is 11.6 Å². The summed E-state index contributed by atoms with van der Waals surface area (Å²) in [6, 6.07) is 5.21. The minimum Gasteiger partial charge on any atom is -0.292 e. The van der Waals surface area contributed by atoms with E-state index < -0.39 is 0 Å². The fourth-order valence-corrected chi connectivity index (χ4v) is 3.81. The molecule has 3 aromatic heterocycles. The van der Waals surface area contributed by atoms with Crippen LogP contribution in [0.15, 0.2) is 29.2 Å². The number of aryl methyl sites for hydroxylation is 2. The highest BCUT2D eigenvalue weighted by Crippen LogP contribution is 2.26. The number of fused-ring (bicyclic) bond motifs is 1. The maximum atomic E-state index is 12.3. The van der Waals surface area contributed by atoms with Crippen molar-refractivity contribution >= 4 is 28.6 Å². The third-order valence-corrected chi connectivity index (χ3v) is 5.21. The van der Waals surface area contributed by atoms with Crippen LogP contribution < -0.4 is 5.56 Å². The number of rotatable bonds is 4. The lowest BCUT2D eigenvalue weighted by atomic mass is 10.2. The summed E-state index contributed by atoms with van der Waals surface area (Å²) in [5, 5.41) is 1.58. The van der Waals surface area contributed by atoms with Crippen LogP contribution in [-0.4, -0.2) is 26.3 Å². The molecule has 0 bridgehead atoms. The third kappa shape index (κ3) is 3.36. The van der Waals surface area contributed by atoms with Crippen molar-refractivity contribution in [1.29, 1.82) is 0 Å². The smallest absolute Gasteiger partial charge is 0.258 e. The monoisotopic (exact) mass is 362 g/mol. The first-order valence-electron chi connectivity index (χ1n) is 7.67. The molecule has 3 rings (SSSR count). The summed E-state index contributed by atoms with van der Waals surface area (Å²) in [6.45, 7) is 6.81. The second-order valence-electron chi connectivity index (χ2n) is 5.93. The van der Waals surface area contributed by atoms with Crippen LogP contribution in [-0.2, 0) is 6.54 Å². The highest BCUT2D eigenvalue weighted by atomic mass is 35.5. The molecule has 126 valence electrons. The molecule has 3 aromatic rings. The zero-order valence-corrected chi connectivity index (χ0v) is 15.6. The van der Waals surface area contributed by atoms with Crippen molar-refractivity contribution in [3.63, 3.8) is 0 Å². The van der Waals surface area contributed by atoms with Crippen LogP contribution in [0.4, 0.5) is 0 Å². The lowest BCUT2D eigenvalue weighted by Gasteiger charge is -2.23. The Morgan fingerprint density at radius 3 is 2.75 bits per heavy atom. The largest absolute Gasteiger partial charge is 0.292 e. The van der Waals surface area contributed by atoms with Gasteiger partial charge in [-0.1, -0.05) is 11.6 Å². The number of nitrogens with zero attached hydrogens (tertiary/aromatic N) is 4. The summed E-state index contributed by atoms with van der Waals surface area (Å²) >= 11 is 7.65. The van der Waals surface area contributed by atoms with Crippen LogP contribution in [0.5, 0.6) is 0 Å². The Morgan fingerprint density at radius 1 is 1.33 bits per heavy atom. The number of aromatic nitrogens is 3. The van der Waals surface area contributed by atoms with Gasteiger partial charge in [0.25, 0.3) is 5.56 Å². The van der Waals surface area contributed by atoms with Crippen molar-refractivity contribution in [2.24, 2.45) is 0 Å². The normalized spacial score (nSPS) is 12.9. The Labute approximate surface area is 149 Å². The molecule has 0 saturated heterocycles. The van der Waals surface area contributed by atoms with Crippen molar-refractivity contribution in [2.75, 3.05) is 7.05 Å². The summed E-state index contributed by atoms with van der Waals surface area (Å²) in [4.78, 5) is 24.8. The molecule has 24 heavy (non-hydrogen) atoms. The Hall–Kier alpha value is -1.76. The van der Waals surface area contributed by atoms with E-state index in [0.29, 0.717) is 17.2 Å². The Morgan fingerprint density at radius 2 is 2.08 bits per heavy atom. The molecule has 0 aliphatic carbocycles. The molecule has 7 heteroatoms. The fourth-order valence-electron chi connectivity index (χ4n) is 2.74. The average molecular weight is 363 g/mol.